The fourth-order valence-corrected chi connectivity index (χ4v) is 3.51. The number of fused-ring (bicyclic) bond motifs is 1. The number of likely N-dealkylation sites (tertiary alicyclic amines) is 1. The summed E-state index contributed by atoms with van der Waals surface area (Å²) < 4.78 is 16.8. The summed E-state index contributed by atoms with van der Waals surface area (Å²) >= 11 is 0. The Morgan fingerprint density at radius 2 is 2.25 bits per heavy atom. The van der Waals surface area contributed by atoms with Gasteiger partial charge in [0.1, 0.15) is 0 Å². The van der Waals surface area contributed by atoms with E-state index < -0.39 is 5.41 Å². The number of ether oxygens (including phenoxy) is 1. The van der Waals surface area contributed by atoms with E-state index in [1.807, 2.05) is 13.8 Å². The van der Waals surface area contributed by atoms with Crippen molar-refractivity contribution in [3.8, 4) is 0 Å². The number of oxazole rings is 1. The molecule has 2 fully saturated rings. The predicted molar refractivity (Wildman–Crippen MR) is 81.5 cm³/mol. The highest BCUT2D eigenvalue weighted by atomic mass is 16.5. The van der Waals surface area contributed by atoms with E-state index in [9.17, 15) is 4.79 Å². The highest BCUT2D eigenvalue weighted by Crippen LogP contribution is 2.44. The van der Waals surface area contributed by atoms with Gasteiger partial charge in [-0.25, -0.2) is 4.98 Å². The van der Waals surface area contributed by atoms with Crippen molar-refractivity contribution in [2.24, 2.45) is 5.92 Å². The van der Waals surface area contributed by atoms with Crippen molar-refractivity contribution >= 4 is 5.91 Å². The van der Waals surface area contributed by atoms with Gasteiger partial charge in [0.05, 0.1) is 24.3 Å². The first-order valence-electron chi connectivity index (χ1n) is 8.12. The fraction of sp³-hybridized carbons (Fsp3) is 0.625. The molecule has 2 aromatic heterocycles. The molecule has 8 heteroatoms. The van der Waals surface area contributed by atoms with Crippen molar-refractivity contribution < 1.29 is 18.4 Å². The van der Waals surface area contributed by atoms with E-state index >= 15 is 0 Å². The van der Waals surface area contributed by atoms with Gasteiger partial charge in [-0.15, -0.1) is 10.2 Å². The number of nitrogens with zero attached hydrogens (tertiary/aromatic N) is 4. The van der Waals surface area contributed by atoms with E-state index in [1.54, 1.807) is 11.8 Å². The lowest BCUT2D eigenvalue weighted by Gasteiger charge is -2.22. The molecule has 8 nitrogen and oxygen atoms in total. The number of aromatic nitrogens is 3. The van der Waals surface area contributed by atoms with Crippen LogP contribution in [0.5, 0.6) is 0 Å². The van der Waals surface area contributed by atoms with E-state index in [2.05, 4.69) is 15.2 Å². The Hall–Kier alpha value is -2.22. The molecule has 4 rings (SSSR count). The van der Waals surface area contributed by atoms with Gasteiger partial charge >= 0.3 is 0 Å². The van der Waals surface area contributed by atoms with Crippen LogP contribution in [0.3, 0.4) is 0 Å². The molecule has 0 N–H and O–H groups in total. The largest absolute Gasteiger partial charge is 0.438 e. The monoisotopic (exact) mass is 332 g/mol. The van der Waals surface area contributed by atoms with Crippen LogP contribution < -0.4 is 0 Å². The lowest BCUT2D eigenvalue weighted by molar-refractivity contribution is 0.0706. The molecule has 2 aliphatic rings. The molecule has 0 bridgehead atoms. The standard InChI is InChI=1S/C16H20N4O4/c1-9(2)13-18-19-15(24-13)16-6-20(4-11(16)5-22-7-16)14(21)12-10(3)17-8-23-12/h8-9,11H,4-7H2,1-3H3/t11-,16-/m1/s1. The van der Waals surface area contributed by atoms with Gasteiger partial charge in [-0.3, -0.25) is 4.79 Å². The zero-order valence-corrected chi connectivity index (χ0v) is 14.0. The summed E-state index contributed by atoms with van der Waals surface area (Å²) in [6.07, 6.45) is 1.30. The highest BCUT2D eigenvalue weighted by molar-refractivity contribution is 5.92. The second-order valence-electron chi connectivity index (χ2n) is 6.92. The lowest BCUT2D eigenvalue weighted by Crippen LogP contribution is -2.37. The van der Waals surface area contributed by atoms with Crippen LogP contribution in [0.25, 0.3) is 0 Å². The Kier molecular flexibility index (Phi) is 3.45. The van der Waals surface area contributed by atoms with Gasteiger partial charge in [0.2, 0.25) is 17.5 Å². The molecule has 2 aromatic rings. The third-order valence-corrected chi connectivity index (χ3v) is 4.96. The minimum atomic E-state index is -0.427. The smallest absolute Gasteiger partial charge is 0.291 e. The average molecular weight is 332 g/mol. The molecule has 0 aromatic carbocycles. The minimum absolute atomic E-state index is 0.144. The fourth-order valence-electron chi connectivity index (χ4n) is 3.51. The molecule has 4 heterocycles. The van der Waals surface area contributed by atoms with Gasteiger partial charge in [-0.2, -0.15) is 0 Å². The third-order valence-electron chi connectivity index (χ3n) is 4.96. The maximum Gasteiger partial charge on any atom is 0.291 e. The molecular weight excluding hydrogens is 312 g/mol. The molecule has 0 radical (unpaired) electrons. The summed E-state index contributed by atoms with van der Waals surface area (Å²) in [6, 6.07) is 0. The van der Waals surface area contributed by atoms with Crippen molar-refractivity contribution in [3.05, 3.63) is 29.6 Å². The van der Waals surface area contributed by atoms with E-state index in [0.29, 0.717) is 49.5 Å². The Morgan fingerprint density at radius 1 is 1.42 bits per heavy atom. The van der Waals surface area contributed by atoms with Gasteiger partial charge in [-0.1, -0.05) is 13.8 Å². The van der Waals surface area contributed by atoms with Crippen LogP contribution in [0.1, 0.15) is 47.8 Å². The molecule has 2 saturated heterocycles. The van der Waals surface area contributed by atoms with Crippen molar-refractivity contribution in [2.45, 2.75) is 32.1 Å². The summed E-state index contributed by atoms with van der Waals surface area (Å²) in [5.41, 5.74) is 0.172. The molecule has 24 heavy (non-hydrogen) atoms. The summed E-state index contributed by atoms with van der Waals surface area (Å²) in [5.74, 6) is 1.63. The number of carbonyl (C=O) groups is 1. The molecule has 0 aliphatic carbocycles. The van der Waals surface area contributed by atoms with E-state index in [1.165, 1.54) is 6.39 Å². The highest BCUT2D eigenvalue weighted by Gasteiger charge is 2.56. The first-order valence-corrected chi connectivity index (χ1v) is 8.12. The summed E-state index contributed by atoms with van der Waals surface area (Å²) in [4.78, 5) is 18.5. The first-order chi connectivity index (χ1) is 11.5. The number of carbonyl (C=O) groups excluding carboxylic acids is 1. The average Bonchev–Trinajstić information content (AvgIpc) is 3.28. The van der Waals surface area contributed by atoms with Crippen molar-refractivity contribution in [1.82, 2.24) is 20.1 Å². The molecule has 0 saturated carbocycles. The van der Waals surface area contributed by atoms with E-state index in [4.69, 9.17) is 13.6 Å². The van der Waals surface area contributed by atoms with Crippen LogP contribution in [0, 0.1) is 12.8 Å². The zero-order chi connectivity index (χ0) is 16.9. The molecule has 1 amide bonds. The maximum absolute atomic E-state index is 12.7. The Balaban J connectivity index is 1.63. The Morgan fingerprint density at radius 3 is 2.92 bits per heavy atom. The number of aryl methyl sites for hydroxylation is 1. The Labute approximate surface area is 139 Å². The Bertz CT molecular complexity index is 768. The normalized spacial score (nSPS) is 26.3. The number of hydrogen-bond acceptors (Lipinski definition) is 7. The predicted octanol–water partition coefficient (Wildman–Crippen LogP) is 1.53. The van der Waals surface area contributed by atoms with Crippen molar-refractivity contribution in [3.63, 3.8) is 0 Å². The lowest BCUT2D eigenvalue weighted by atomic mass is 9.81. The molecule has 0 spiro atoms. The van der Waals surface area contributed by atoms with Gasteiger partial charge in [-0.05, 0) is 6.92 Å². The number of rotatable bonds is 3. The summed E-state index contributed by atoms with van der Waals surface area (Å²) in [6.45, 7) is 7.91. The first kappa shape index (κ1) is 15.3. The quantitative estimate of drug-likeness (QED) is 0.841. The van der Waals surface area contributed by atoms with Crippen LogP contribution in [0.4, 0.5) is 0 Å². The van der Waals surface area contributed by atoms with Crippen LogP contribution in [0.2, 0.25) is 0 Å². The van der Waals surface area contributed by atoms with Crippen molar-refractivity contribution in [2.75, 3.05) is 26.3 Å². The van der Waals surface area contributed by atoms with Gasteiger partial charge in [0.25, 0.3) is 5.91 Å². The van der Waals surface area contributed by atoms with Gasteiger partial charge in [0, 0.05) is 24.9 Å². The summed E-state index contributed by atoms with van der Waals surface area (Å²) in [5, 5.41) is 8.40. The maximum atomic E-state index is 12.7. The molecule has 128 valence electrons. The zero-order valence-electron chi connectivity index (χ0n) is 14.0. The van der Waals surface area contributed by atoms with Crippen LogP contribution in [-0.4, -0.2) is 52.3 Å². The van der Waals surface area contributed by atoms with Gasteiger partial charge in [0.15, 0.2) is 6.39 Å². The number of amides is 1. The second kappa shape index (κ2) is 5.41. The number of hydrogen-bond donors (Lipinski definition) is 0. The topological polar surface area (TPSA) is 94.5 Å². The molecule has 2 aliphatic heterocycles. The molecule has 2 atom stereocenters. The van der Waals surface area contributed by atoms with Crippen LogP contribution in [-0.2, 0) is 10.2 Å². The molecular formula is C16H20N4O4. The van der Waals surface area contributed by atoms with Crippen LogP contribution >= 0.6 is 0 Å². The second-order valence-corrected chi connectivity index (χ2v) is 6.92. The van der Waals surface area contributed by atoms with E-state index in [0.717, 1.165) is 0 Å². The SMILES string of the molecule is Cc1ncoc1C(=O)N1C[C@@H]2COC[C@]2(c2nnc(C(C)C)o2)C1. The third kappa shape index (κ3) is 2.16. The minimum Gasteiger partial charge on any atom is -0.438 e. The van der Waals surface area contributed by atoms with Gasteiger partial charge < -0.3 is 18.5 Å². The van der Waals surface area contributed by atoms with Crippen LogP contribution in [0.15, 0.2) is 15.2 Å². The summed E-state index contributed by atoms with van der Waals surface area (Å²) in [7, 11) is 0. The van der Waals surface area contributed by atoms with E-state index in [-0.39, 0.29) is 17.7 Å². The molecule has 0 unspecified atom stereocenters. The van der Waals surface area contributed by atoms with Crippen molar-refractivity contribution in [1.29, 1.82) is 0 Å².